The zero-order valence-electron chi connectivity index (χ0n) is 32.3. The van der Waals surface area contributed by atoms with Crippen LogP contribution in [0.3, 0.4) is 0 Å². The highest BCUT2D eigenvalue weighted by Gasteiger charge is 2.23. The second-order valence-corrected chi connectivity index (χ2v) is 13.6. The number of hydrogen-bond donors (Lipinski definition) is 3. The van der Waals surface area contributed by atoms with Gasteiger partial charge in [0.25, 0.3) is 0 Å². The molecule has 0 spiro atoms. The van der Waals surface area contributed by atoms with Gasteiger partial charge in [-0.05, 0) is 64.2 Å². The Bertz CT molecular complexity index is 911. The molecule has 0 aliphatic carbocycles. The first kappa shape index (κ1) is 47.1. The Hall–Kier alpha value is -2.85. The van der Waals surface area contributed by atoms with E-state index in [1.54, 1.807) is 0 Å². The lowest BCUT2D eigenvalue weighted by atomic mass is 9.95. The summed E-state index contributed by atoms with van der Waals surface area (Å²) >= 11 is 0. The van der Waals surface area contributed by atoms with Crippen molar-refractivity contribution in [3.05, 3.63) is 0 Å². The maximum atomic E-state index is 12.8. The first-order valence-electron chi connectivity index (χ1n) is 20.0. The van der Waals surface area contributed by atoms with E-state index in [0.29, 0.717) is 19.4 Å². The number of esters is 3. The van der Waals surface area contributed by atoms with Gasteiger partial charge in [0.15, 0.2) is 5.96 Å². The van der Waals surface area contributed by atoms with E-state index in [0.717, 1.165) is 103 Å². The maximum absolute atomic E-state index is 12.8. The molecule has 11 heteroatoms. The second kappa shape index (κ2) is 33.3. The van der Waals surface area contributed by atoms with Gasteiger partial charge in [0, 0.05) is 13.0 Å². The number of carbonyl (C=O) groups excluding carboxylic acids is 4. The highest BCUT2D eigenvalue weighted by Crippen LogP contribution is 2.20. The van der Waals surface area contributed by atoms with Crippen LogP contribution in [0.5, 0.6) is 0 Å². The summed E-state index contributed by atoms with van der Waals surface area (Å²) in [6, 6.07) is -0.892. The van der Waals surface area contributed by atoms with E-state index < -0.39 is 12.0 Å². The number of unbranched alkanes of at least 4 members (excludes halogenated alkanes) is 11. The van der Waals surface area contributed by atoms with Crippen molar-refractivity contribution >= 4 is 29.8 Å². The average molecular weight is 711 g/mol. The molecule has 0 aliphatic rings. The average Bonchev–Trinajstić information content (AvgIpc) is 3.09. The molecular weight excluding hydrogens is 636 g/mol. The van der Waals surface area contributed by atoms with Gasteiger partial charge in [0.05, 0.1) is 31.7 Å². The van der Waals surface area contributed by atoms with Crippen molar-refractivity contribution in [1.29, 1.82) is 0 Å². The molecule has 0 aromatic rings. The molecule has 0 radical (unpaired) electrons. The van der Waals surface area contributed by atoms with Gasteiger partial charge in [-0.1, -0.05) is 105 Å². The van der Waals surface area contributed by atoms with Gasteiger partial charge in [-0.15, -0.1) is 0 Å². The van der Waals surface area contributed by atoms with Crippen molar-refractivity contribution in [3.8, 4) is 0 Å². The number of nitrogens with two attached hydrogens (primary N) is 2. The predicted molar refractivity (Wildman–Crippen MR) is 201 cm³/mol. The molecule has 50 heavy (non-hydrogen) atoms. The van der Waals surface area contributed by atoms with Crippen LogP contribution in [0.4, 0.5) is 0 Å². The van der Waals surface area contributed by atoms with Crippen molar-refractivity contribution in [2.45, 2.75) is 181 Å². The molecule has 5 N–H and O–H groups in total. The number of ether oxygens (including phenoxy) is 3. The molecular formula is C39H74N4O7. The summed E-state index contributed by atoms with van der Waals surface area (Å²) in [7, 11) is 0. The van der Waals surface area contributed by atoms with Crippen LogP contribution in [0, 0.1) is 11.8 Å². The molecule has 0 aliphatic heterocycles. The van der Waals surface area contributed by atoms with Crippen molar-refractivity contribution < 1.29 is 33.4 Å². The van der Waals surface area contributed by atoms with Gasteiger partial charge in [-0.2, -0.15) is 0 Å². The van der Waals surface area contributed by atoms with Gasteiger partial charge in [0.1, 0.15) is 6.04 Å². The molecule has 11 nitrogen and oxygen atoms in total. The Morgan fingerprint density at radius 2 is 0.940 bits per heavy atom. The highest BCUT2D eigenvalue weighted by molar-refractivity contribution is 5.84. The summed E-state index contributed by atoms with van der Waals surface area (Å²) in [6.45, 7) is 9.56. The fourth-order valence-electron chi connectivity index (χ4n) is 5.78. The van der Waals surface area contributed by atoms with Crippen molar-refractivity contribution in [2.24, 2.45) is 28.3 Å². The molecule has 0 fully saturated rings. The monoisotopic (exact) mass is 711 g/mol. The summed E-state index contributed by atoms with van der Waals surface area (Å²) in [5, 5.41) is 2.74. The number of guanidine groups is 1. The zero-order valence-corrected chi connectivity index (χ0v) is 32.3. The largest absolute Gasteiger partial charge is 0.465 e. The Balaban J connectivity index is 4.55. The lowest BCUT2D eigenvalue weighted by molar-refractivity contribution is -0.150. The van der Waals surface area contributed by atoms with Crippen molar-refractivity contribution in [3.63, 3.8) is 0 Å². The van der Waals surface area contributed by atoms with Gasteiger partial charge in [-0.25, -0.2) is 4.79 Å². The van der Waals surface area contributed by atoms with Gasteiger partial charge in [0.2, 0.25) is 5.91 Å². The van der Waals surface area contributed by atoms with E-state index in [9.17, 15) is 19.2 Å². The predicted octanol–water partition coefficient (Wildman–Crippen LogP) is 7.66. The van der Waals surface area contributed by atoms with Crippen molar-refractivity contribution in [2.75, 3.05) is 26.4 Å². The number of nitrogens with one attached hydrogen (secondary N) is 1. The topological polar surface area (TPSA) is 172 Å². The van der Waals surface area contributed by atoms with Gasteiger partial charge >= 0.3 is 17.9 Å². The number of amides is 1. The Labute approximate surface area is 304 Å². The smallest absolute Gasteiger partial charge is 0.328 e. The summed E-state index contributed by atoms with van der Waals surface area (Å²) in [6.07, 6.45) is 20.5. The number of aliphatic imine (C=N–C) groups is 1. The quantitative estimate of drug-likeness (QED) is 0.0199. The molecule has 0 saturated carbocycles. The second-order valence-electron chi connectivity index (χ2n) is 13.6. The minimum atomic E-state index is -0.892. The lowest BCUT2D eigenvalue weighted by Gasteiger charge is -2.18. The number of rotatable bonds is 34. The Morgan fingerprint density at radius 3 is 1.40 bits per heavy atom. The molecule has 0 saturated heterocycles. The van der Waals surface area contributed by atoms with Crippen LogP contribution in [-0.4, -0.2) is 62.2 Å². The van der Waals surface area contributed by atoms with Crippen LogP contribution in [0.2, 0.25) is 0 Å². The van der Waals surface area contributed by atoms with Crippen LogP contribution in [0.15, 0.2) is 4.99 Å². The van der Waals surface area contributed by atoms with Crippen LogP contribution >= 0.6 is 0 Å². The summed E-state index contributed by atoms with van der Waals surface area (Å²) in [5.41, 5.74) is 10.9. The molecule has 0 aromatic heterocycles. The van der Waals surface area contributed by atoms with E-state index in [2.05, 4.69) is 38.0 Å². The fraction of sp³-hybridized carbons (Fsp3) is 0.872. The summed E-state index contributed by atoms with van der Waals surface area (Å²) < 4.78 is 16.6. The fourth-order valence-corrected chi connectivity index (χ4v) is 5.78. The van der Waals surface area contributed by atoms with E-state index in [1.165, 1.54) is 19.3 Å². The normalized spacial score (nSPS) is 12.8. The third kappa shape index (κ3) is 26.9. The SMILES string of the molecule is CCCCCCC(CCCC)C(=O)OCCCCCCOC(=O)[C@H](CCN=C(N)N)NC(=O)CCCOC(=O)C(CCCC)CCCCCC. The number of nitrogens with zero attached hydrogens (tertiary/aromatic N) is 1. The van der Waals surface area contributed by atoms with Gasteiger partial charge in [-0.3, -0.25) is 19.4 Å². The van der Waals surface area contributed by atoms with Crippen LogP contribution in [0.25, 0.3) is 0 Å². The number of hydrogen-bond acceptors (Lipinski definition) is 8. The molecule has 0 bridgehead atoms. The first-order valence-corrected chi connectivity index (χ1v) is 20.0. The Kier molecular flexibility index (Phi) is 31.4. The zero-order chi connectivity index (χ0) is 37.2. The summed E-state index contributed by atoms with van der Waals surface area (Å²) in [4.78, 5) is 54.8. The molecule has 0 aromatic carbocycles. The standard InChI is InChI=1S/C39H74N4O7/c1-5-9-13-17-24-32(22-11-7-3)36(45)48-29-19-15-16-20-30-50-38(47)34(27-28-42-39(40)41)43-35(44)26-21-31-49-37(46)33(23-12-8-4)25-18-14-10-6-2/h32-34H,5-31H2,1-4H3,(H,43,44)(H4,40,41,42)/t32?,33?,34-/m0/s1. The molecule has 0 heterocycles. The molecule has 3 atom stereocenters. The minimum Gasteiger partial charge on any atom is -0.465 e. The minimum absolute atomic E-state index is 0.00200. The number of carbonyl (C=O) groups is 4. The van der Waals surface area contributed by atoms with Crippen LogP contribution < -0.4 is 16.8 Å². The third-order valence-corrected chi connectivity index (χ3v) is 8.94. The van der Waals surface area contributed by atoms with Crippen LogP contribution in [0.1, 0.15) is 175 Å². The van der Waals surface area contributed by atoms with E-state index in [1.807, 2.05) is 0 Å². The van der Waals surface area contributed by atoms with E-state index in [-0.39, 0.29) is 68.2 Å². The van der Waals surface area contributed by atoms with E-state index >= 15 is 0 Å². The summed E-state index contributed by atoms with van der Waals surface area (Å²) in [5.74, 6) is -1.30. The molecule has 292 valence electrons. The van der Waals surface area contributed by atoms with E-state index in [4.69, 9.17) is 25.7 Å². The first-order chi connectivity index (χ1) is 24.2. The maximum Gasteiger partial charge on any atom is 0.328 e. The highest BCUT2D eigenvalue weighted by atomic mass is 16.5. The third-order valence-electron chi connectivity index (χ3n) is 8.94. The molecule has 1 amide bonds. The Morgan fingerprint density at radius 1 is 0.520 bits per heavy atom. The van der Waals surface area contributed by atoms with Gasteiger partial charge < -0.3 is 31.0 Å². The molecule has 0 rings (SSSR count). The van der Waals surface area contributed by atoms with Crippen LogP contribution in [-0.2, 0) is 33.4 Å². The van der Waals surface area contributed by atoms with Crippen molar-refractivity contribution in [1.82, 2.24) is 5.32 Å². The lowest BCUT2D eigenvalue weighted by Crippen LogP contribution is -2.42. The molecule has 2 unspecified atom stereocenters.